The van der Waals surface area contributed by atoms with Crippen molar-refractivity contribution in [1.82, 2.24) is 0 Å². The first-order chi connectivity index (χ1) is 6.84. The number of allylic oxidation sites excluding steroid dienone is 1. The highest BCUT2D eigenvalue weighted by Gasteiger charge is 2.10. The maximum absolute atomic E-state index is 4.35. The summed E-state index contributed by atoms with van der Waals surface area (Å²) in [6, 6.07) is 0. The van der Waals surface area contributed by atoms with Crippen LogP contribution in [0.15, 0.2) is 17.3 Å². The molecule has 0 aromatic rings. The minimum absolute atomic E-state index is 0.691. The third kappa shape index (κ3) is 5.54. The molecule has 0 aliphatic carbocycles. The highest BCUT2D eigenvalue weighted by Crippen LogP contribution is 2.16. The molecule has 1 rings (SSSR count). The number of aliphatic imine (C=N–C) groups is 1. The molecule has 14 heavy (non-hydrogen) atoms. The van der Waals surface area contributed by atoms with Gasteiger partial charge < -0.3 is 0 Å². The van der Waals surface area contributed by atoms with Crippen molar-refractivity contribution in [1.29, 1.82) is 0 Å². The molecular formula is C12H24NP. The van der Waals surface area contributed by atoms with Crippen LogP contribution >= 0.6 is 9.24 Å². The highest BCUT2D eigenvalue weighted by molar-refractivity contribution is 7.16. The first-order valence-electron chi connectivity index (χ1n) is 5.76. The Morgan fingerprint density at radius 1 is 1.43 bits per heavy atom. The summed E-state index contributed by atoms with van der Waals surface area (Å²) in [6.45, 7) is 6.29. The van der Waals surface area contributed by atoms with Gasteiger partial charge in [0.1, 0.15) is 0 Å². The second-order valence-electron chi connectivity index (χ2n) is 3.39. The number of hydrogen-bond donors (Lipinski definition) is 0. The average molecular weight is 213 g/mol. The molecule has 0 saturated heterocycles. The minimum Gasteiger partial charge on any atom is -0.265 e. The van der Waals surface area contributed by atoms with Crippen LogP contribution in [0.25, 0.3) is 0 Å². The summed E-state index contributed by atoms with van der Waals surface area (Å²) in [6.07, 6.45) is 10.4. The van der Waals surface area contributed by atoms with E-state index < -0.39 is 0 Å². The molecule has 2 unspecified atom stereocenters. The van der Waals surface area contributed by atoms with Crippen LogP contribution in [0.2, 0.25) is 0 Å². The third-order valence-corrected chi connectivity index (χ3v) is 2.74. The summed E-state index contributed by atoms with van der Waals surface area (Å²) in [4.78, 5) is 4.35. The molecule has 2 heteroatoms. The summed E-state index contributed by atoms with van der Waals surface area (Å²) in [5, 5.41) is 0. The van der Waals surface area contributed by atoms with Gasteiger partial charge in [0.25, 0.3) is 0 Å². The average Bonchev–Trinajstić information content (AvgIpc) is 2.74. The normalized spacial score (nSPS) is 15.9. The zero-order chi connectivity index (χ0) is 10.8. The second-order valence-corrected chi connectivity index (χ2v) is 3.97. The lowest BCUT2D eigenvalue weighted by Crippen LogP contribution is -2.08. The second kappa shape index (κ2) is 9.40. The predicted molar refractivity (Wildman–Crippen MR) is 70.1 cm³/mol. The van der Waals surface area contributed by atoms with E-state index in [1.165, 1.54) is 31.1 Å². The molecule has 1 aliphatic heterocycles. The predicted octanol–water partition coefficient (Wildman–Crippen LogP) is 4.05. The summed E-state index contributed by atoms with van der Waals surface area (Å²) in [5.41, 5.74) is 1.37. The molecule has 82 valence electrons. The maximum Gasteiger partial charge on any atom is 0.0245 e. The van der Waals surface area contributed by atoms with Crippen LogP contribution in [0.1, 0.15) is 46.5 Å². The van der Waals surface area contributed by atoms with E-state index in [9.17, 15) is 0 Å². The minimum atomic E-state index is 0.691. The number of nitrogens with zero attached hydrogens (tertiary/aromatic N) is 1. The maximum atomic E-state index is 4.35. The van der Waals surface area contributed by atoms with E-state index >= 15 is 0 Å². The molecule has 0 fully saturated rings. The van der Waals surface area contributed by atoms with Gasteiger partial charge in [-0.3, -0.25) is 4.99 Å². The third-order valence-electron chi connectivity index (χ3n) is 2.33. The Kier molecular flexibility index (Phi) is 9.29. The van der Waals surface area contributed by atoms with Crippen LogP contribution < -0.4 is 0 Å². The quantitative estimate of drug-likeness (QED) is 0.482. The van der Waals surface area contributed by atoms with Gasteiger partial charge in [-0.05, 0) is 24.9 Å². The first kappa shape index (κ1) is 13.8. The lowest BCUT2D eigenvalue weighted by molar-refractivity contribution is 0.623. The summed E-state index contributed by atoms with van der Waals surface area (Å²) in [5.74, 6) is 0.691. The van der Waals surface area contributed by atoms with Gasteiger partial charge in [0.15, 0.2) is 0 Å². The molecule has 1 nitrogen and oxygen atoms in total. The Hall–Kier alpha value is -0.160. The van der Waals surface area contributed by atoms with Crippen molar-refractivity contribution in [2.75, 3.05) is 6.16 Å². The van der Waals surface area contributed by atoms with Gasteiger partial charge in [-0.25, -0.2) is 0 Å². The van der Waals surface area contributed by atoms with Crippen LogP contribution in [0, 0.1) is 5.92 Å². The van der Waals surface area contributed by atoms with Crippen molar-refractivity contribution in [2.45, 2.75) is 46.5 Å². The number of unbranched alkanes of at least 4 members (excludes halogenated alkanes) is 1. The fourth-order valence-corrected chi connectivity index (χ4v) is 1.75. The molecule has 0 amide bonds. The highest BCUT2D eigenvalue weighted by atomic mass is 31.0. The van der Waals surface area contributed by atoms with Crippen LogP contribution in [0.5, 0.6) is 0 Å². The standard InChI is InChI=1S/C10H18NP.C2H6/c1-9(5-2-3-8-12)10-6-4-7-11-10;1-2/h4,7,9H,2-3,5-6,8,12H2,1H3;1-2H3. The van der Waals surface area contributed by atoms with Crippen molar-refractivity contribution in [3.05, 3.63) is 12.3 Å². The van der Waals surface area contributed by atoms with Gasteiger partial charge in [-0.15, -0.1) is 9.24 Å². The Morgan fingerprint density at radius 3 is 2.64 bits per heavy atom. The van der Waals surface area contributed by atoms with Crippen molar-refractivity contribution < 1.29 is 0 Å². The Bertz CT molecular complexity index is 185. The van der Waals surface area contributed by atoms with Crippen molar-refractivity contribution in [3.63, 3.8) is 0 Å². The van der Waals surface area contributed by atoms with Gasteiger partial charge in [-0.1, -0.05) is 33.3 Å². The summed E-state index contributed by atoms with van der Waals surface area (Å²) in [7, 11) is 2.78. The number of rotatable bonds is 5. The van der Waals surface area contributed by atoms with Crippen molar-refractivity contribution in [3.8, 4) is 0 Å². The molecule has 0 spiro atoms. The molecule has 0 saturated carbocycles. The largest absolute Gasteiger partial charge is 0.265 e. The smallest absolute Gasteiger partial charge is 0.0245 e. The van der Waals surface area contributed by atoms with Crippen LogP contribution in [-0.4, -0.2) is 11.9 Å². The van der Waals surface area contributed by atoms with Gasteiger partial charge in [-0.2, -0.15) is 0 Å². The van der Waals surface area contributed by atoms with E-state index in [4.69, 9.17) is 0 Å². The Balaban J connectivity index is 0.000000791. The van der Waals surface area contributed by atoms with Crippen molar-refractivity contribution in [2.24, 2.45) is 10.9 Å². The monoisotopic (exact) mass is 213 g/mol. The van der Waals surface area contributed by atoms with Gasteiger partial charge in [0.2, 0.25) is 0 Å². The fourth-order valence-electron chi connectivity index (χ4n) is 1.46. The Labute approximate surface area is 91.3 Å². The molecule has 0 aromatic heterocycles. The molecule has 1 heterocycles. The molecule has 1 aliphatic rings. The lowest BCUT2D eigenvalue weighted by atomic mass is 9.97. The van der Waals surface area contributed by atoms with Crippen LogP contribution in [-0.2, 0) is 0 Å². The molecule has 0 N–H and O–H groups in total. The molecule has 2 atom stereocenters. The van der Waals surface area contributed by atoms with Crippen LogP contribution in [0.3, 0.4) is 0 Å². The first-order valence-corrected chi connectivity index (χ1v) is 6.58. The van der Waals surface area contributed by atoms with E-state index in [-0.39, 0.29) is 0 Å². The lowest BCUT2D eigenvalue weighted by Gasteiger charge is -2.10. The van der Waals surface area contributed by atoms with E-state index in [0.717, 1.165) is 6.42 Å². The van der Waals surface area contributed by atoms with E-state index in [2.05, 4.69) is 27.2 Å². The van der Waals surface area contributed by atoms with Gasteiger partial charge in [0.05, 0.1) is 0 Å². The molecular weight excluding hydrogens is 189 g/mol. The molecule has 0 aromatic carbocycles. The van der Waals surface area contributed by atoms with E-state index in [1.54, 1.807) is 0 Å². The summed E-state index contributed by atoms with van der Waals surface area (Å²) >= 11 is 0. The molecule has 0 radical (unpaired) electrons. The fraction of sp³-hybridized carbons (Fsp3) is 0.750. The van der Waals surface area contributed by atoms with Gasteiger partial charge >= 0.3 is 0 Å². The van der Waals surface area contributed by atoms with E-state index in [1.807, 2.05) is 20.0 Å². The molecule has 0 bridgehead atoms. The summed E-state index contributed by atoms with van der Waals surface area (Å²) < 4.78 is 0. The SMILES string of the molecule is CC.CC(CCCCP)C1=NC=CC1. The van der Waals surface area contributed by atoms with Crippen molar-refractivity contribution >= 4 is 15.0 Å². The topological polar surface area (TPSA) is 12.4 Å². The van der Waals surface area contributed by atoms with Gasteiger partial charge in [0, 0.05) is 18.3 Å². The Morgan fingerprint density at radius 2 is 2.14 bits per heavy atom. The zero-order valence-corrected chi connectivity index (χ0v) is 10.9. The van der Waals surface area contributed by atoms with Crippen LogP contribution in [0.4, 0.5) is 0 Å². The van der Waals surface area contributed by atoms with E-state index in [0.29, 0.717) is 5.92 Å². The zero-order valence-electron chi connectivity index (χ0n) is 9.79. The number of hydrogen-bond acceptors (Lipinski definition) is 1.